The van der Waals surface area contributed by atoms with Crippen molar-refractivity contribution in [3.05, 3.63) is 30.1 Å². The van der Waals surface area contributed by atoms with Crippen LogP contribution in [0.5, 0.6) is 0 Å². The maximum atomic E-state index is 10.6. The number of ether oxygens (including phenoxy) is 2. The van der Waals surface area contributed by atoms with Crippen LogP contribution in [0, 0.1) is 0 Å². The molecule has 20 heteroatoms. The lowest BCUT2D eigenvalue weighted by Gasteiger charge is -2.37. The zero-order valence-corrected chi connectivity index (χ0v) is 22.0. The molecule has 0 unspecified atom stereocenters. The molecule has 3 fully saturated rings. The molecule has 0 saturated carbocycles. The van der Waals surface area contributed by atoms with Crippen LogP contribution in [-0.2, 0) is 30.4 Å². The molecule has 3 saturated heterocycles. The van der Waals surface area contributed by atoms with Crippen LogP contribution in [0.1, 0.15) is 18.4 Å². The summed E-state index contributed by atoms with van der Waals surface area (Å²) in [6, 6.07) is 5.34. The number of hydrogen-bond donors (Lipinski definition) is 3. The normalized spacial score (nSPS) is 22.8. The number of pyridine rings is 1. The van der Waals surface area contributed by atoms with Gasteiger partial charge in [-0.25, -0.2) is 14.4 Å². The minimum absolute atomic E-state index is 0.369. The van der Waals surface area contributed by atoms with E-state index in [1.54, 1.807) is 0 Å². The summed E-state index contributed by atoms with van der Waals surface area (Å²) in [7, 11) is 0. The predicted molar refractivity (Wildman–Crippen MR) is 125 cm³/mol. The molecule has 4 rings (SSSR count). The minimum atomic E-state index is -5.08. The fourth-order valence-corrected chi connectivity index (χ4v) is 4.16. The molecule has 3 aliphatic rings. The molecule has 0 amide bonds. The summed E-state index contributed by atoms with van der Waals surface area (Å²) >= 11 is 0. The van der Waals surface area contributed by atoms with E-state index in [1.165, 1.54) is 18.4 Å². The average molecular weight is 645 g/mol. The second kappa shape index (κ2) is 16.6. The van der Waals surface area contributed by atoms with Crippen molar-refractivity contribution < 1.29 is 78.7 Å². The molecule has 3 aliphatic heterocycles. The van der Waals surface area contributed by atoms with E-state index in [2.05, 4.69) is 26.9 Å². The number of morpholine rings is 1. The molecule has 246 valence electrons. The maximum Gasteiger partial charge on any atom is 0.490 e. The Bertz CT molecular complexity index is 963. The van der Waals surface area contributed by atoms with Crippen molar-refractivity contribution >= 4 is 17.9 Å². The third-order valence-corrected chi connectivity index (χ3v) is 5.98. The summed E-state index contributed by atoms with van der Waals surface area (Å²) in [6.45, 7) is 6.84. The van der Waals surface area contributed by atoms with Crippen LogP contribution in [0.25, 0.3) is 0 Å². The van der Waals surface area contributed by atoms with Gasteiger partial charge in [0.15, 0.2) is 0 Å². The molecule has 0 spiro atoms. The number of carboxylic acid groups (broad SMARTS) is 3. The van der Waals surface area contributed by atoms with E-state index in [0.29, 0.717) is 18.2 Å². The van der Waals surface area contributed by atoms with Gasteiger partial charge in [-0.05, 0) is 30.5 Å². The number of carbonyl (C=O) groups is 3. The summed E-state index contributed by atoms with van der Waals surface area (Å²) in [4.78, 5) is 36.0. The van der Waals surface area contributed by atoms with Crippen LogP contribution in [-0.4, -0.2) is 124 Å². The van der Waals surface area contributed by atoms with Crippen molar-refractivity contribution in [1.82, 2.24) is 14.8 Å². The van der Waals surface area contributed by atoms with Crippen molar-refractivity contribution in [3.63, 3.8) is 0 Å². The van der Waals surface area contributed by atoms with Gasteiger partial charge in [-0.1, -0.05) is 0 Å². The highest BCUT2D eigenvalue weighted by molar-refractivity contribution is 5.73. The molecule has 0 aliphatic carbocycles. The molecule has 11 nitrogen and oxygen atoms in total. The highest BCUT2D eigenvalue weighted by Crippen LogP contribution is 2.33. The second-order valence-corrected chi connectivity index (χ2v) is 8.95. The third-order valence-electron chi connectivity index (χ3n) is 5.98. The number of fused-ring (bicyclic) bond motifs is 1. The summed E-state index contributed by atoms with van der Waals surface area (Å²) in [5, 5.41) is 21.4. The van der Waals surface area contributed by atoms with Gasteiger partial charge in [-0.3, -0.25) is 14.8 Å². The lowest BCUT2D eigenvalue weighted by atomic mass is 9.99. The largest absolute Gasteiger partial charge is 0.490 e. The Morgan fingerprint density at radius 2 is 1.23 bits per heavy atom. The average Bonchev–Trinajstić information content (AvgIpc) is 3.27. The number of hydrogen-bond acceptors (Lipinski definition) is 8. The molecule has 0 aromatic carbocycles. The lowest BCUT2D eigenvalue weighted by Crippen LogP contribution is -2.51. The minimum Gasteiger partial charge on any atom is -0.475 e. The number of likely N-dealkylation sites (tertiary alicyclic amines) is 1. The molecular weight excluding hydrogens is 617 g/mol. The number of halogens is 9. The van der Waals surface area contributed by atoms with E-state index in [0.717, 1.165) is 46.0 Å². The number of alkyl halides is 9. The van der Waals surface area contributed by atoms with Crippen LogP contribution < -0.4 is 0 Å². The standard InChI is InChI=1S/C17H25N3O2.3C2HF3O2/c1-2-15-17(22-9-1)16(19-7-10-21-11-8-19)13-20(15)12-14-3-5-18-6-4-14;3*3-2(4,5)1(6)7/h3-6,15-17H,1-2,7-13H2;3*(H,6,7)/t15-,16-,17+;;;/m0.../s1. The first-order valence-electron chi connectivity index (χ1n) is 12.2. The first kappa shape index (κ1) is 37.8. The Kier molecular flexibility index (Phi) is 14.6. The van der Waals surface area contributed by atoms with Gasteiger partial charge in [-0.2, -0.15) is 39.5 Å². The van der Waals surface area contributed by atoms with Crippen LogP contribution in [0.4, 0.5) is 39.5 Å². The molecule has 43 heavy (non-hydrogen) atoms. The Morgan fingerprint density at radius 1 is 0.791 bits per heavy atom. The molecule has 1 aromatic rings. The van der Waals surface area contributed by atoms with E-state index >= 15 is 0 Å². The van der Waals surface area contributed by atoms with Crippen molar-refractivity contribution in [2.45, 2.75) is 56.1 Å². The van der Waals surface area contributed by atoms with E-state index < -0.39 is 36.4 Å². The number of rotatable bonds is 3. The van der Waals surface area contributed by atoms with Crippen molar-refractivity contribution in [3.8, 4) is 0 Å². The van der Waals surface area contributed by atoms with Gasteiger partial charge in [0.25, 0.3) is 0 Å². The van der Waals surface area contributed by atoms with Crippen molar-refractivity contribution in [1.29, 1.82) is 0 Å². The first-order valence-corrected chi connectivity index (χ1v) is 12.2. The topological polar surface area (TPSA) is 150 Å². The number of carboxylic acids is 3. The number of aromatic nitrogens is 1. The van der Waals surface area contributed by atoms with Crippen LogP contribution in [0.15, 0.2) is 24.5 Å². The smallest absolute Gasteiger partial charge is 0.475 e. The molecule has 0 bridgehead atoms. The Labute approximate surface area is 237 Å². The van der Waals surface area contributed by atoms with Crippen LogP contribution in [0.3, 0.4) is 0 Å². The van der Waals surface area contributed by atoms with Gasteiger partial charge in [0.2, 0.25) is 0 Å². The van der Waals surface area contributed by atoms with Gasteiger partial charge in [0.1, 0.15) is 0 Å². The highest BCUT2D eigenvalue weighted by atomic mass is 19.4. The Hall–Kier alpha value is -3.23. The highest BCUT2D eigenvalue weighted by Gasteiger charge is 2.46. The van der Waals surface area contributed by atoms with Gasteiger partial charge < -0.3 is 24.8 Å². The summed E-state index contributed by atoms with van der Waals surface area (Å²) in [6.07, 6.45) is -8.66. The van der Waals surface area contributed by atoms with Crippen LogP contribution in [0.2, 0.25) is 0 Å². The molecule has 3 atom stereocenters. The lowest BCUT2D eigenvalue weighted by molar-refractivity contribution is -0.193. The van der Waals surface area contributed by atoms with E-state index in [-0.39, 0.29) is 0 Å². The maximum absolute atomic E-state index is 10.6. The fraction of sp³-hybridized carbons (Fsp3) is 0.652. The quantitative estimate of drug-likeness (QED) is 0.417. The predicted octanol–water partition coefficient (Wildman–Crippen LogP) is 3.05. The van der Waals surface area contributed by atoms with E-state index in [4.69, 9.17) is 39.2 Å². The Morgan fingerprint density at radius 3 is 1.65 bits per heavy atom. The van der Waals surface area contributed by atoms with E-state index in [9.17, 15) is 39.5 Å². The summed E-state index contributed by atoms with van der Waals surface area (Å²) in [5.74, 6) is -8.27. The zero-order valence-electron chi connectivity index (χ0n) is 22.0. The monoisotopic (exact) mass is 645 g/mol. The molecule has 3 N–H and O–H groups in total. The molecule has 4 heterocycles. The SMILES string of the molecule is O=C(O)C(F)(F)F.O=C(O)C(F)(F)F.O=C(O)C(F)(F)F.c1cc(CN2C[C@H](N3CCOCC3)[C@@H]3OCCC[C@@H]32)ccn1. The van der Waals surface area contributed by atoms with Gasteiger partial charge >= 0.3 is 36.4 Å². The molecule has 1 aromatic heterocycles. The first-order chi connectivity index (χ1) is 19.7. The van der Waals surface area contributed by atoms with Gasteiger partial charge in [-0.15, -0.1) is 0 Å². The fourth-order valence-electron chi connectivity index (χ4n) is 4.16. The summed E-state index contributed by atoms with van der Waals surface area (Å²) in [5.41, 5.74) is 1.35. The van der Waals surface area contributed by atoms with Crippen LogP contribution >= 0.6 is 0 Å². The number of aliphatic carboxylic acids is 3. The molecular formula is C23H28F9N3O8. The third kappa shape index (κ3) is 13.7. The van der Waals surface area contributed by atoms with Gasteiger partial charge in [0.05, 0.1) is 25.4 Å². The summed E-state index contributed by atoms with van der Waals surface area (Å²) < 4.78 is 107. The van der Waals surface area contributed by atoms with E-state index in [1.807, 2.05) is 12.4 Å². The Balaban J connectivity index is 0.000000363. The molecule has 0 radical (unpaired) electrons. The number of nitrogens with zero attached hydrogens (tertiary/aromatic N) is 3. The van der Waals surface area contributed by atoms with Gasteiger partial charge in [0, 0.05) is 51.2 Å². The second-order valence-electron chi connectivity index (χ2n) is 8.95. The van der Waals surface area contributed by atoms with Crippen molar-refractivity contribution in [2.75, 3.05) is 39.5 Å². The van der Waals surface area contributed by atoms with Crippen molar-refractivity contribution in [2.24, 2.45) is 0 Å². The zero-order chi connectivity index (χ0) is 33.0.